The number of aliphatic hydroxyl groups excluding tert-OH is 2. The Balaban J connectivity index is 2.02. The molecular formula is C13H17BrN6O3. The van der Waals surface area contributed by atoms with Crippen LogP contribution in [0.3, 0.4) is 0 Å². The number of aliphatic imine (C=N–C) groups is 1. The number of hydrogen-bond donors (Lipinski definition) is 2. The van der Waals surface area contributed by atoms with E-state index in [1.807, 2.05) is 14.1 Å². The molecule has 1 aliphatic rings. The molecule has 0 aromatic carbocycles. The Morgan fingerprint density at radius 3 is 2.96 bits per heavy atom. The predicted octanol–water partition coefficient (Wildman–Crippen LogP) is 0.451. The SMILES string of the molecule is CN(C)C=Nc1ncnc2c1nc(Br)n2C1CC(O)C(CO)O1. The molecule has 3 atom stereocenters. The fourth-order valence-corrected chi connectivity index (χ4v) is 3.00. The highest BCUT2D eigenvalue weighted by atomic mass is 79.9. The molecule has 0 bridgehead atoms. The van der Waals surface area contributed by atoms with Gasteiger partial charge in [-0.1, -0.05) is 0 Å². The van der Waals surface area contributed by atoms with Gasteiger partial charge in [0.25, 0.3) is 0 Å². The van der Waals surface area contributed by atoms with Crippen LogP contribution in [-0.2, 0) is 4.74 Å². The van der Waals surface area contributed by atoms with Crippen LogP contribution in [0.15, 0.2) is 16.1 Å². The fraction of sp³-hybridized carbons (Fsp3) is 0.538. The Kier molecular flexibility index (Phi) is 4.57. The maximum absolute atomic E-state index is 9.93. The normalized spacial score (nSPS) is 24.8. The highest BCUT2D eigenvalue weighted by Crippen LogP contribution is 2.35. The van der Waals surface area contributed by atoms with Crippen LogP contribution in [0, 0.1) is 0 Å². The van der Waals surface area contributed by atoms with Gasteiger partial charge in [-0.25, -0.2) is 19.9 Å². The highest BCUT2D eigenvalue weighted by molar-refractivity contribution is 9.10. The van der Waals surface area contributed by atoms with Crippen LogP contribution >= 0.6 is 15.9 Å². The van der Waals surface area contributed by atoms with E-state index in [2.05, 4.69) is 35.9 Å². The minimum absolute atomic E-state index is 0.241. The van der Waals surface area contributed by atoms with Crippen molar-refractivity contribution in [2.24, 2.45) is 4.99 Å². The second-order valence-electron chi connectivity index (χ2n) is 5.44. The topological polar surface area (TPSA) is 109 Å². The van der Waals surface area contributed by atoms with Gasteiger partial charge in [0.1, 0.15) is 18.7 Å². The van der Waals surface area contributed by atoms with Crippen molar-refractivity contribution in [1.82, 2.24) is 24.4 Å². The number of rotatable bonds is 4. The van der Waals surface area contributed by atoms with Crippen molar-refractivity contribution in [2.45, 2.75) is 24.9 Å². The summed E-state index contributed by atoms with van der Waals surface area (Å²) in [4.78, 5) is 18.9. The Labute approximate surface area is 140 Å². The molecular weight excluding hydrogens is 368 g/mol. The van der Waals surface area contributed by atoms with Gasteiger partial charge in [0.15, 0.2) is 21.7 Å². The maximum atomic E-state index is 9.93. The summed E-state index contributed by atoms with van der Waals surface area (Å²) in [7, 11) is 3.72. The van der Waals surface area contributed by atoms with Gasteiger partial charge in [-0.2, -0.15) is 0 Å². The molecule has 2 aromatic rings. The lowest BCUT2D eigenvalue weighted by Crippen LogP contribution is -2.24. The molecule has 3 rings (SSSR count). The summed E-state index contributed by atoms with van der Waals surface area (Å²) in [6.07, 6.45) is 1.56. The summed E-state index contributed by atoms with van der Waals surface area (Å²) in [5, 5.41) is 19.2. The summed E-state index contributed by atoms with van der Waals surface area (Å²) in [6.45, 7) is -0.241. The van der Waals surface area contributed by atoms with Crippen LogP contribution in [0.4, 0.5) is 5.82 Å². The van der Waals surface area contributed by atoms with Crippen LogP contribution in [0.5, 0.6) is 0 Å². The third-order valence-electron chi connectivity index (χ3n) is 3.50. The standard InChI is InChI=1S/C13H17BrN6O3/c1-19(2)6-17-11-10-12(16-5-15-11)20(13(14)18-10)9-3-7(22)8(4-21)23-9/h5-9,21-22H,3-4H2,1-2H3. The minimum Gasteiger partial charge on any atom is -0.394 e. The van der Waals surface area contributed by atoms with E-state index in [4.69, 9.17) is 4.74 Å². The molecule has 23 heavy (non-hydrogen) atoms. The minimum atomic E-state index is -0.734. The van der Waals surface area contributed by atoms with E-state index in [9.17, 15) is 10.2 Å². The lowest BCUT2D eigenvalue weighted by molar-refractivity contribution is -0.0439. The lowest BCUT2D eigenvalue weighted by Gasteiger charge is -2.14. The van der Waals surface area contributed by atoms with Crippen molar-refractivity contribution in [3.63, 3.8) is 0 Å². The number of halogens is 1. The van der Waals surface area contributed by atoms with Crippen LogP contribution in [0.1, 0.15) is 12.6 Å². The van der Waals surface area contributed by atoms with Gasteiger partial charge in [-0.3, -0.25) is 4.57 Å². The summed E-state index contributed by atoms with van der Waals surface area (Å²) in [6, 6.07) is 0. The molecule has 10 heteroatoms. The summed E-state index contributed by atoms with van der Waals surface area (Å²) in [5.41, 5.74) is 1.08. The molecule has 0 aliphatic carbocycles. The number of ether oxygens (including phenoxy) is 1. The van der Waals surface area contributed by atoms with Crippen molar-refractivity contribution in [3.8, 4) is 0 Å². The van der Waals surface area contributed by atoms with Gasteiger partial charge in [0.2, 0.25) is 0 Å². The van der Waals surface area contributed by atoms with Gasteiger partial charge >= 0.3 is 0 Å². The number of hydrogen-bond acceptors (Lipinski definition) is 7. The largest absolute Gasteiger partial charge is 0.394 e. The van der Waals surface area contributed by atoms with Crippen molar-refractivity contribution < 1.29 is 14.9 Å². The molecule has 0 saturated carbocycles. The molecule has 124 valence electrons. The fourth-order valence-electron chi connectivity index (χ4n) is 2.43. The summed E-state index contributed by atoms with van der Waals surface area (Å²) < 4.78 is 7.91. The van der Waals surface area contributed by atoms with E-state index in [1.54, 1.807) is 15.8 Å². The van der Waals surface area contributed by atoms with E-state index in [0.717, 1.165) is 0 Å². The number of fused-ring (bicyclic) bond motifs is 1. The van der Waals surface area contributed by atoms with Gasteiger partial charge in [-0.05, 0) is 15.9 Å². The number of imidazole rings is 1. The molecule has 1 saturated heterocycles. The second-order valence-corrected chi connectivity index (χ2v) is 6.15. The molecule has 0 amide bonds. The first kappa shape index (κ1) is 16.2. The molecule has 2 aromatic heterocycles. The summed E-state index contributed by atoms with van der Waals surface area (Å²) >= 11 is 3.39. The molecule has 3 heterocycles. The monoisotopic (exact) mass is 384 g/mol. The van der Waals surface area contributed by atoms with Crippen molar-refractivity contribution >= 4 is 39.3 Å². The van der Waals surface area contributed by atoms with Gasteiger partial charge in [-0.15, -0.1) is 0 Å². The smallest absolute Gasteiger partial charge is 0.185 e. The van der Waals surface area contributed by atoms with Crippen molar-refractivity contribution in [3.05, 3.63) is 11.1 Å². The average Bonchev–Trinajstić information content (AvgIpc) is 3.03. The van der Waals surface area contributed by atoms with Gasteiger partial charge in [0, 0.05) is 20.5 Å². The Hall–Kier alpha value is -1.62. The number of aliphatic hydroxyl groups is 2. The van der Waals surface area contributed by atoms with E-state index < -0.39 is 18.4 Å². The molecule has 2 N–H and O–H groups in total. The molecule has 0 radical (unpaired) electrons. The zero-order valence-electron chi connectivity index (χ0n) is 12.7. The average molecular weight is 385 g/mol. The van der Waals surface area contributed by atoms with E-state index in [1.165, 1.54) is 6.33 Å². The first-order valence-corrected chi connectivity index (χ1v) is 7.84. The van der Waals surface area contributed by atoms with Crippen molar-refractivity contribution in [1.29, 1.82) is 0 Å². The maximum Gasteiger partial charge on any atom is 0.185 e. The summed E-state index contributed by atoms with van der Waals surface area (Å²) in [5.74, 6) is 0.445. The zero-order chi connectivity index (χ0) is 16.6. The number of aromatic nitrogens is 4. The predicted molar refractivity (Wildman–Crippen MR) is 86.5 cm³/mol. The van der Waals surface area contributed by atoms with E-state index in [-0.39, 0.29) is 6.61 Å². The Morgan fingerprint density at radius 1 is 1.52 bits per heavy atom. The molecule has 1 fully saturated rings. The Morgan fingerprint density at radius 2 is 2.30 bits per heavy atom. The first-order valence-electron chi connectivity index (χ1n) is 7.04. The molecule has 3 unspecified atom stereocenters. The van der Waals surface area contributed by atoms with E-state index in [0.29, 0.717) is 28.1 Å². The molecule has 1 aliphatic heterocycles. The number of nitrogens with zero attached hydrogens (tertiary/aromatic N) is 6. The second kappa shape index (κ2) is 6.48. The lowest BCUT2D eigenvalue weighted by atomic mass is 10.2. The Bertz CT molecular complexity index is 734. The molecule has 0 spiro atoms. The quantitative estimate of drug-likeness (QED) is 0.447. The van der Waals surface area contributed by atoms with Crippen LogP contribution in [0.2, 0.25) is 0 Å². The van der Waals surface area contributed by atoms with Crippen LogP contribution < -0.4 is 0 Å². The van der Waals surface area contributed by atoms with Crippen molar-refractivity contribution in [2.75, 3.05) is 20.7 Å². The first-order chi connectivity index (χ1) is 11.0. The van der Waals surface area contributed by atoms with Crippen LogP contribution in [0.25, 0.3) is 11.2 Å². The highest BCUT2D eigenvalue weighted by Gasteiger charge is 2.36. The third-order valence-corrected chi connectivity index (χ3v) is 4.06. The van der Waals surface area contributed by atoms with Gasteiger partial charge < -0.3 is 19.8 Å². The third kappa shape index (κ3) is 3.07. The van der Waals surface area contributed by atoms with E-state index >= 15 is 0 Å². The molecule has 9 nitrogen and oxygen atoms in total. The van der Waals surface area contributed by atoms with Gasteiger partial charge in [0.05, 0.1) is 19.0 Å². The zero-order valence-corrected chi connectivity index (χ0v) is 14.3. The van der Waals surface area contributed by atoms with Crippen LogP contribution in [-0.4, -0.2) is 73.9 Å².